The van der Waals surface area contributed by atoms with Crippen LogP contribution in [0.15, 0.2) is 16.5 Å². The number of carboxylic acid groups (broad SMARTS) is 2. The molecule has 0 spiro atoms. The summed E-state index contributed by atoms with van der Waals surface area (Å²) in [4.78, 5) is 20.3. The molecule has 0 aliphatic heterocycles. The zero-order chi connectivity index (χ0) is 8.43. The average molecular weight is 193 g/mol. The van der Waals surface area contributed by atoms with Crippen LogP contribution in [0.3, 0.4) is 0 Å². The van der Waals surface area contributed by atoms with Crippen molar-refractivity contribution in [2.75, 3.05) is 0 Å². The molecule has 0 aliphatic carbocycles. The Morgan fingerprint density at radius 2 is 1.42 bits per heavy atom. The summed E-state index contributed by atoms with van der Waals surface area (Å²) in [5, 5.41) is 16.6. The molecule has 0 unspecified atom stereocenters. The maximum absolute atomic E-state index is 10.2. The van der Waals surface area contributed by atoms with Crippen LogP contribution in [-0.4, -0.2) is 22.2 Å². The van der Waals surface area contributed by atoms with Crippen LogP contribution in [0.2, 0.25) is 0 Å². The van der Waals surface area contributed by atoms with Crippen molar-refractivity contribution in [2.45, 2.75) is 0 Å². The van der Waals surface area contributed by atoms with Gasteiger partial charge in [0, 0.05) is 0 Å². The van der Waals surface area contributed by atoms with Crippen molar-refractivity contribution in [1.29, 1.82) is 0 Å². The van der Waals surface area contributed by atoms with Gasteiger partial charge in [-0.2, -0.15) is 0 Å². The van der Waals surface area contributed by atoms with Crippen LogP contribution in [0.25, 0.3) is 0 Å². The molecule has 66 valence electrons. The Hall–Kier alpha value is -1.49. The number of rotatable bonds is 2. The first-order valence-corrected chi connectivity index (χ1v) is 2.67. The first kappa shape index (κ1) is 10.5. The molecular weight excluding hydrogens is 188 g/mol. The molecule has 0 bridgehead atoms. The molecular formula is C6H5ClO5. The monoisotopic (exact) mass is 192 g/mol. The highest BCUT2D eigenvalue weighted by Gasteiger charge is 2.12. The van der Waals surface area contributed by atoms with Gasteiger partial charge in [0.15, 0.2) is 0 Å². The molecule has 0 aliphatic rings. The summed E-state index contributed by atoms with van der Waals surface area (Å²) >= 11 is 0. The lowest BCUT2D eigenvalue weighted by Gasteiger charge is -1.84. The molecule has 0 saturated carbocycles. The van der Waals surface area contributed by atoms with Crippen LogP contribution in [0.5, 0.6) is 0 Å². The van der Waals surface area contributed by atoms with E-state index in [9.17, 15) is 9.59 Å². The van der Waals surface area contributed by atoms with E-state index in [1.54, 1.807) is 0 Å². The maximum atomic E-state index is 10.2. The molecule has 6 heteroatoms. The van der Waals surface area contributed by atoms with E-state index < -0.39 is 11.9 Å². The van der Waals surface area contributed by atoms with E-state index in [1.165, 1.54) is 0 Å². The summed E-state index contributed by atoms with van der Waals surface area (Å²) in [6, 6.07) is 2.18. The van der Waals surface area contributed by atoms with Crippen LogP contribution < -0.4 is 0 Å². The molecule has 0 radical (unpaired) electrons. The van der Waals surface area contributed by atoms with Gasteiger partial charge in [0.2, 0.25) is 11.5 Å². The zero-order valence-electron chi connectivity index (χ0n) is 5.68. The second-order valence-corrected chi connectivity index (χ2v) is 1.77. The molecule has 0 amide bonds. The molecule has 1 rings (SSSR count). The third-order valence-corrected chi connectivity index (χ3v) is 1.03. The molecule has 0 fully saturated rings. The van der Waals surface area contributed by atoms with Crippen molar-refractivity contribution < 1.29 is 24.2 Å². The number of carboxylic acids is 2. The number of halogens is 1. The average Bonchev–Trinajstić information content (AvgIpc) is 2.33. The van der Waals surface area contributed by atoms with Crippen molar-refractivity contribution in [3.05, 3.63) is 23.7 Å². The first-order valence-electron chi connectivity index (χ1n) is 2.67. The summed E-state index contributed by atoms with van der Waals surface area (Å²) in [6.45, 7) is 0. The third kappa shape index (κ3) is 2.00. The van der Waals surface area contributed by atoms with E-state index in [4.69, 9.17) is 10.2 Å². The molecule has 0 saturated heterocycles. The van der Waals surface area contributed by atoms with Gasteiger partial charge >= 0.3 is 11.9 Å². The van der Waals surface area contributed by atoms with Crippen molar-refractivity contribution in [1.82, 2.24) is 0 Å². The lowest BCUT2D eigenvalue weighted by atomic mass is 10.4. The Morgan fingerprint density at radius 3 is 1.58 bits per heavy atom. The van der Waals surface area contributed by atoms with Gasteiger partial charge in [0.25, 0.3) is 0 Å². The number of carbonyl (C=O) groups is 2. The topological polar surface area (TPSA) is 87.7 Å². The van der Waals surface area contributed by atoms with E-state index in [0.717, 1.165) is 12.1 Å². The first-order chi connectivity index (χ1) is 5.11. The van der Waals surface area contributed by atoms with Crippen LogP contribution in [0.4, 0.5) is 0 Å². The molecule has 1 heterocycles. The van der Waals surface area contributed by atoms with E-state index in [1.807, 2.05) is 0 Å². The summed E-state index contributed by atoms with van der Waals surface area (Å²) in [7, 11) is 0. The van der Waals surface area contributed by atoms with Gasteiger partial charge < -0.3 is 14.6 Å². The summed E-state index contributed by atoms with van der Waals surface area (Å²) < 4.78 is 4.41. The molecule has 12 heavy (non-hydrogen) atoms. The number of hydrogen-bond acceptors (Lipinski definition) is 3. The van der Waals surface area contributed by atoms with E-state index in [2.05, 4.69) is 4.42 Å². The van der Waals surface area contributed by atoms with Gasteiger partial charge in [-0.05, 0) is 12.1 Å². The highest BCUT2D eigenvalue weighted by molar-refractivity contribution is 5.88. The highest BCUT2D eigenvalue weighted by Crippen LogP contribution is 2.06. The lowest BCUT2D eigenvalue weighted by molar-refractivity contribution is 0.0632. The second-order valence-electron chi connectivity index (χ2n) is 1.77. The third-order valence-electron chi connectivity index (χ3n) is 1.03. The number of furan rings is 1. The minimum absolute atomic E-state index is 0. The molecule has 2 N–H and O–H groups in total. The minimum Gasteiger partial charge on any atom is -0.475 e. The van der Waals surface area contributed by atoms with Crippen molar-refractivity contribution in [3.63, 3.8) is 0 Å². The number of hydrogen-bond donors (Lipinski definition) is 2. The van der Waals surface area contributed by atoms with Crippen molar-refractivity contribution in [2.24, 2.45) is 0 Å². The highest BCUT2D eigenvalue weighted by atomic mass is 35.5. The molecule has 0 atom stereocenters. The van der Waals surface area contributed by atoms with E-state index in [-0.39, 0.29) is 23.9 Å². The van der Waals surface area contributed by atoms with Gasteiger partial charge in [-0.25, -0.2) is 9.59 Å². The Labute approximate surface area is 73.0 Å². The zero-order valence-corrected chi connectivity index (χ0v) is 6.50. The van der Waals surface area contributed by atoms with Crippen LogP contribution in [0, 0.1) is 0 Å². The maximum Gasteiger partial charge on any atom is 0.371 e. The Bertz CT molecular complexity index is 274. The van der Waals surface area contributed by atoms with Crippen molar-refractivity contribution >= 4 is 24.3 Å². The molecule has 5 nitrogen and oxygen atoms in total. The predicted octanol–water partition coefficient (Wildman–Crippen LogP) is 1.10. The SMILES string of the molecule is Cl.O=C(O)c1ccc(C(=O)O)o1. The fourth-order valence-corrected chi connectivity index (χ4v) is 0.568. The fraction of sp³-hybridized carbons (Fsp3) is 0. The Kier molecular flexibility index (Phi) is 3.30. The van der Waals surface area contributed by atoms with Gasteiger partial charge in [-0.15, -0.1) is 12.4 Å². The molecule has 0 aromatic carbocycles. The molecule has 1 aromatic rings. The van der Waals surface area contributed by atoms with Crippen LogP contribution in [-0.2, 0) is 0 Å². The van der Waals surface area contributed by atoms with Gasteiger partial charge in [-0.3, -0.25) is 0 Å². The largest absolute Gasteiger partial charge is 0.475 e. The lowest BCUT2D eigenvalue weighted by Crippen LogP contribution is -1.94. The quantitative estimate of drug-likeness (QED) is 0.733. The summed E-state index contributed by atoms with van der Waals surface area (Å²) in [5.74, 6) is -3.31. The van der Waals surface area contributed by atoms with Gasteiger partial charge in [-0.1, -0.05) is 0 Å². The number of aromatic carboxylic acids is 2. The second kappa shape index (κ2) is 3.77. The minimum atomic E-state index is -1.28. The van der Waals surface area contributed by atoms with E-state index in [0.29, 0.717) is 0 Å². The smallest absolute Gasteiger partial charge is 0.371 e. The van der Waals surface area contributed by atoms with Crippen molar-refractivity contribution in [3.8, 4) is 0 Å². The Balaban J connectivity index is 0.00000121. The normalized spacial score (nSPS) is 8.67. The summed E-state index contributed by atoms with van der Waals surface area (Å²) in [6.07, 6.45) is 0. The van der Waals surface area contributed by atoms with Gasteiger partial charge in [0.05, 0.1) is 0 Å². The standard InChI is InChI=1S/C6H4O5.ClH/c7-5(8)3-1-2-4(11-3)6(9)10;/h1-2H,(H,7,8)(H,9,10);1H. The Morgan fingerprint density at radius 1 is 1.08 bits per heavy atom. The molecule has 1 aromatic heterocycles. The fourth-order valence-electron chi connectivity index (χ4n) is 0.568. The van der Waals surface area contributed by atoms with Gasteiger partial charge in [0.1, 0.15) is 0 Å². The predicted molar refractivity (Wildman–Crippen MR) is 39.9 cm³/mol. The van der Waals surface area contributed by atoms with Crippen LogP contribution >= 0.6 is 12.4 Å². The van der Waals surface area contributed by atoms with E-state index >= 15 is 0 Å². The summed E-state index contributed by atoms with van der Waals surface area (Å²) in [5.41, 5.74) is 0. The van der Waals surface area contributed by atoms with Crippen LogP contribution in [0.1, 0.15) is 21.1 Å².